The zero-order chi connectivity index (χ0) is 25.0. The van der Waals surface area contributed by atoms with Crippen LogP contribution in [0.25, 0.3) is 10.9 Å². The van der Waals surface area contributed by atoms with Crippen LogP contribution in [0.1, 0.15) is 11.1 Å². The van der Waals surface area contributed by atoms with Gasteiger partial charge in [-0.3, -0.25) is 19.3 Å². The number of hydrogen-bond donors (Lipinski definition) is 3. The number of amides is 1. The summed E-state index contributed by atoms with van der Waals surface area (Å²) in [5.74, 6) is 5.05. The van der Waals surface area contributed by atoms with Gasteiger partial charge >= 0.3 is 0 Å². The first kappa shape index (κ1) is 23.7. The van der Waals surface area contributed by atoms with E-state index < -0.39 is 15.9 Å². The van der Waals surface area contributed by atoms with Gasteiger partial charge in [0.15, 0.2) is 5.82 Å². The molecule has 0 fully saturated rings. The zero-order valence-corrected chi connectivity index (χ0v) is 19.7. The van der Waals surface area contributed by atoms with E-state index in [1.165, 1.54) is 20.3 Å². The van der Waals surface area contributed by atoms with Crippen LogP contribution in [0.4, 0.5) is 5.82 Å². The molecule has 0 atom stereocenters. The molecule has 4 aromatic rings. The van der Waals surface area contributed by atoms with Gasteiger partial charge in [0.2, 0.25) is 0 Å². The van der Waals surface area contributed by atoms with Crippen molar-refractivity contribution in [2.24, 2.45) is 5.73 Å². The summed E-state index contributed by atoms with van der Waals surface area (Å²) < 4.78 is 41.0. The summed E-state index contributed by atoms with van der Waals surface area (Å²) in [6, 6.07) is 9.92. The number of fused-ring (bicyclic) bond motifs is 1. The Bertz CT molecular complexity index is 1560. The average molecular weight is 495 g/mol. The van der Waals surface area contributed by atoms with Crippen LogP contribution in [-0.2, 0) is 27.8 Å². The molecule has 0 saturated carbocycles. The molecule has 0 aliphatic carbocycles. The topological polar surface area (TPSA) is 154 Å². The number of methoxy groups -OCH3 is 2. The lowest BCUT2D eigenvalue weighted by molar-refractivity contribution is -0.112. The second-order valence-electron chi connectivity index (χ2n) is 7.44. The van der Waals surface area contributed by atoms with Crippen molar-refractivity contribution in [3.8, 4) is 23.3 Å². The summed E-state index contributed by atoms with van der Waals surface area (Å²) in [6.07, 6.45) is 3.82. The molecule has 180 valence electrons. The normalized spacial score (nSPS) is 11.0. The quantitative estimate of drug-likeness (QED) is 0.315. The number of H-pyrrole nitrogens is 1. The first-order valence-electron chi connectivity index (χ1n) is 10.3. The van der Waals surface area contributed by atoms with Gasteiger partial charge in [0.1, 0.15) is 16.4 Å². The van der Waals surface area contributed by atoms with Gasteiger partial charge in [0.25, 0.3) is 15.9 Å². The fourth-order valence-electron chi connectivity index (χ4n) is 3.53. The van der Waals surface area contributed by atoms with Gasteiger partial charge < -0.3 is 15.2 Å². The molecule has 0 unspecified atom stereocenters. The molecule has 2 aromatic heterocycles. The predicted octanol–water partition coefficient (Wildman–Crippen LogP) is 1.66. The van der Waals surface area contributed by atoms with Crippen LogP contribution >= 0.6 is 0 Å². The minimum atomic E-state index is -3.98. The maximum absolute atomic E-state index is 13.0. The fraction of sp³-hybridized carbons (Fsp3) is 0.174. The van der Waals surface area contributed by atoms with E-state index >= 15 is 0 Å². The molecular formula is C23H22N6O5S. The number of anilines is 1. The number of benzene rings is 2. The van der Waals surface area contributed by atoms with Gasteiger partial charge in [-0.05, 0) is 35.7 Å². The van der Waals surface area contributed by atoms with Crippen molar-refractivity contribution in [1.82, 2.24) is 20.0 Å². The Hall–Kier alpha value is -4.50. The Labute approximate surface area is 201 Å². The van der Waals surface area contributed by atoms with E-state index in [-0.39, 0.29) is 16.5 Å². The van der Waals surface area contributed by atoms with Crippen LogP contribution in [0.5, 0.6) is 11.5 Å². The molecule has 0 radical (unpaired) electrons. The maximum atomic E-state index is 13.0. The van der Waals surface area contributed by atoms with Crippen molar-refractivity contribution in [2.45, 2.75) is 17.9 Å². The van der Waals surface area contributed by atoms with Gasteiger partial charge in [0, 0.05) is 18.2 Å². The molecule has 35 heavy (non-hydrogen) atoms. The fourth-order valence-corrected chi connectivity index (χ4v) is 4.72. The van der Waals surface area contributed by atoms with E-state index in [9.17, 15) is 13.2 Å². The highest BCUT2D eigenvalue weighted by Crippen LogP contribution is 2.34. The van der Waals surface area contributed by atoms with E-state index in [1.807, 2.05) is 12.3 Å². The lowest BCUT2D eigenvalue weighted by Crippen LogP contribution is -2.14. The minimum Gasteiger partial charge on any atom is -0.496 e. The number of aromatic nitrogens is 4. The molecule has 2 heterocycles. The first-order chi connectivity index (χ1) is 16.8. The van der Waals surface area contributed by atoms with E-state index in [0.717, 1.165) is 11.1 Å². The molecule has 11 nitrogen and oxygen atoms in total. The number of carbonyl (C=O) groups is 1. The van der Waals surface area contributed by atoms with E-state index in [4.69, 9.17) is 15.2 Å². The summed E-state index contributed by atoms with van der Waals surface area (Å²) in [5.41, 5.74) is 7.28. The summed E-state index contributed by atoms with van der Waals surface area (Å²) in [6.45, 7) is 0.414. The van der Waals surface area contributed by atoms with Crippen LogP contribution in [0, 0.1) is 11.8 Å². The molecule has 0 saturated heterocycles. The van der Waals surface area contributed by atoms with Crippen molar-refractivity contribution in [1.29, 1.82) is 0 Å². The van der Waals surface area contributed by atoms with Crippen LogP contribution in [0.3, 0.4) is 0 Å². The number of rotatable bonds is 8. The molecule has 4 rings (SSSR count). The SMILES string of the molecule is COc1ccccc1S(=O)(=O)Nc1n[nH]c2cc(Cn3cc(CC#CC(N)=O)cn3)cc(OC)c12. The standard InChI is InChI=1S/C23H22N6O5S/c1-33-18-7-3-4-8-20(18)35(31,32)28-23-22-17(26-27-23)10-16(11-19(22)34-2)14-29-13-15(12-25-29)6-5-9-21(24)30/h3-4,7-8,10-13H,6,14H2,1-2H3,(H2,24,30)(H2,26,27,28). The van der Waals surface area contributed by atoms with Crippen molar-refractivity contribution >= 4 is 32.7 Å². The van der Waals surface area contributed by atoms with E-state index in [1.54, 1.807) is 35.1 Å². The van der Waals surface area contributed by atoms with Crippen LogP contribution in [-0.4, -0.2) is 48.5 Å². The summed E-state index contributed by atoms with van der Waals surface area (Å²) in [4.78, 5) is 10.7. The number of aromatic amines is 1. The molecule has 12 heteroatoms. The Morgan fingerprint density at radius 3 is 2.69 bits per heavy atom. The lowest BCUT2D eigenvalue weighted by atomic mass is 10.1. The summed E-state index contributed by atoms with van der Waals surface area (Å²) >= 11 is 0. The van der Waals surface area contributed by atoms with E-state index in [0.29, 0.717) is 29.6 Å². The number of carbonyl (C=O) groups excluding carboxylic acids is 1. The summed E-state index contributed by atoms with van der Waals surface area (Å²) in [5, 5.41) is 11.8. The lowest BCUT2D eigenvalue weighted by Gasteiger charge is -2.11. The molecule has 0 aliphatic heterocycles. The number of nitrogens with two attached hydrogens (primary N) is 1. The van der Waals surface area contributed by atoms with Gasteiger partial charge in [-0.15, -0.1) is 0 Å². The smallest absolute Gasteiger partial charge is 0.293 e. The third-order valence-corrected chi connectivity index (χ3v) is 6.41. The van der Waals surface area contributed by atoms with Crippen LogP contribution < -0.4 is 19.9 Å². The Morgan fingerprint density at radius 2 is 1.94 bits per heavy atom. The predicted molar refractivity (Wildman–Crippen MR) is 128 cm³/mol. The number of sulfonamides is 1. The molecule has 4 N–H and O–H groups in total. The molecule has 0 aliphatic rings. The molecule has 2 aromatic carbocycles. The Balaban J connectivity index is 1.61. The molecule has 0 spiro atoms. The maximum Gasteiger partial charge on any atom is 0.293 e. The monoisotopic (exact) mass is 494 g/mol. The van der Waals surface area contributed by atoms with E-state index in [2.05, 4.69) is 31.9 Å². The first-order valence-corrected chi connectivity index (χ1v) is 11.8. The van der Waals surface area contributed by atoms with Crippen molar-refractivity contribution in [3.63, 3.8) is 0 Å². The second kappa shape index (κ2) is 9.78. The van der Waals surface area contributed by atoms with Crippen LogP contribution in [0.2, 0.25) is 0 Å². The van der Waals surface area contributed by atoms with Gasteiger partial charge in [-0.1, -0.05) is 18.1 Å². The number of nitrogens with one attached hydrogen (secondary N) is 2. The number of primary amides is 1. The highest BCUT2D eigenvalue weighted by Gasteiger charge is 2.23. The highest BCUT2D eigenvalue weighted by molar-refractivity contribution is 7.92. The zero-order valence-electron chi connectivity index (χ0n) is 18.9. The Morgan fingerprint density at radius 1 is 1.17 bits per heavy atom. The van der Waals surface area contributed by atoms with Crippen molar-refractivity contribution in [2.75, 3.05) is 18.9 Å². The number of nitrogens with zero attached hydrogens (tertiary/aromatic N) is 3. The van der Waals surface area contributed by atoms with Crippen LogP contribution in [0.15, 0.2) is 53.7 Å². The van der Waals surface area contributed by atoms with Gasteiger partial charge in [-0.2, -0.15) is 10.2 Å². The molecule has 0 bridgehead atoms. The average Bonchev–Trinajstić information content (AvgIpc) is 3.44. The number of para-hydroxylation sites is 1. The van der Waals surface area contributed by atoms with Crippen molar-refractivity contribution < 1.29 is 22.7 Å². The third-order valence-electron chi connectivity index (χ3n) is 5.03. The third kappa shape index (κ3) is 5.20. The van der Waals surface area contributed by atoms with Gasteiger partial charge in [0.05, 0.1) is 37.9 Å². The summed E-state index contributed by atoms with van der Waals surface area (Å²) in [7, 11) is -1.08. The largest absolute Gasteiger partial charge is 0.496 e. The number of hydrogen-bond acceptors (Lipinski definition) is 7. The minimum absolute atomic E-state index is 0.00996. The molecule has 1 amide bonds. The second-order valence-corrected chi connectivity index (χ2v) is 9.09. The van der Waals surface area contributed by atoms with Gasteiger partial charge in [-0.25, -0.2) is 8.42 Å². The molecular weight excluding hydrogens is 472 g/mol. The van der Waals surface area contributed by atoms with Crippen molar-refractivity contribution in [3.05, 3.63) is 59.9 Å². The highest BCUT2D eigenvalue weighted by atomic mass is 32.2. The Kier molecular flexibility index (Phi) is 6.61. The number of ether oxygens (including phenoxy) is 2.